The Kier molecular flexibility index (Phi) is 4.78. The summed E-state index contributed by atoms with van der Waals surface area (Å²) in [5.41, 5.74) is 2.28. The molecule has 1 heterocycles. The number of benzene rings is 2. The van der Waals surface area contributed by atoms with E-state index in [0.717, 1.165) is 11.3 Å². The van der Waals surface area contributed by atoms with E-state index in [1.807, 2.05) is 31.2 Å². The molecule has 0 unspecified atom stereocenters. The molecule has 0 saturated carbocycles. The lowest BCUT2D eigenvalue weighted by Gasteiger charge is -2.35. The lowest BCUT2D eigenvalue weighted by molar-refractivity contribution is -0.120. The highest BCUT2D eigenvalue weighted by atomic mass is 35.5. The highest BCUT2D eigenvalue weighted by Gasteiger charge is 2.29. The summed E-state index contributed by atoms with van der Waals surface area (Å²) in [4.78, 5) is 28.4. The Morgan fingerprint density at radius 3 is 2.50 bits per heavy atom. The van der Waals surface area contributed by atoms with Gasteiger partial charge in [-0.15, -0.1) is 0 Å². The molecule has 0 bridgehead atoms. The van der Waals surface area contributed by atoms with Crippen LogP contribution in [0.1, 0.15) is 15.9 Å². The van der Waals surface area contributed by atoms with Gasteiger partial charge in [0.25, 0.3) is 5.91 Å². The van der Waals surface area contributed by atoms with Crippen LogP contribution in [0.25, 0.3) is 0 Å². The molecule has 0 radical (unpaired) electrons. The average Bonchev–Trinajstić information content (AvgIpc) is 2.55. The topological polar surface area (TPSA) is 40.6 Å². The summed E-state index contributed by atoms with van der Waals surface area (Å²) < 4.78 is 0. The summed E-state index contributed by atoms with van der Waals surface area (Å²) in [5.74, 6) is -0.358. The molecular formula is C18H16Cl2N2O2. The van der Waals surface area contributed by atoms with E-state index in [2.05, 4.69) is 0 Å². The molecule has 0 spiro atoms. The molecule has 0 aromatic heterocycles. The molecule has 1 aliphatic heterocycles. The van der Waals surface area contributed by atoms with Crippen molar-refractivity contribution in [2.75, 3.05) is 24.5 Å². The van der Waals surface area contributed by atoms with Crippen LogP contribution in [-0.2, 0) is 4.79 Å². The maximum absolute atomic E-state index is 12.6. The Bertz CT molecular complexity index is 807. The van der Waals surface area contributed by atoms with Gasteiger partial charge in [-0.2, -0.15) is 0 Å². The molecule has 124 valence electrons. The fourth-order valence-corrected chi connectivity index (χ4v) is 3.29. The molecule has 0 aliphatic carbocycles. The van der Waals surface area contributed by atoms with E-state index in [-0.39, 0.29) is 18.4 Å². The van der Waals surface area contributed by atoms with Gasteiger partial charge in [0.05, 0.1) is 10.6 Å². The number of aryl methyl sites for hydroxylation is 1. The number of anilines is 1. The summed E-state index contributed by atoms with van der Waals surface area (Å²) in [7, 11) is 0. The summed E-state index contributed by atoms with van der Waals surface area (Å²) in [6.45, 7) is 2.91. The van der Waals surface area contributed by atoms with Crippen molar-refractivity contribution >= 4 is 40.7 Å². The first-order valence-electron chi connectivity index (χ1n) is 7.57. The summed E-state index contributed by atoms with van der Waals surface area (Å²) in [6.07, 6.45) is 0. The predicted octanol–water partition coefficient (Wildman–Crippen LogP) is 3.79. The molecule has 6 heteroatoms. The molecule has 3 rings (SSSR count). The summed E-state index contributed by atoms with van der Waals surface area (Å²) >= 11 is 12.0. The van der Waals surface area contributed by atoms with E-state index < -0.39 is 0 Å². The van der Waals surface area contributed by atoms with Crippen LogP contribution in [0.5, 0.6) is 0 Å². The second-order valence-corrected chi connectivity index (χ2v) is 6.53. The maximum atomic E-state index is 12.6. The third-order valence-electron chi connectivity index (χ3n) is 4.08. The van der Waals surface area contributed by atoms with Crippen molar-refractivity contribution in [2.45, 2.75) is 6.92 Å². The average molecular weight is 363 g/mol. The second-order valence-electron chi connectivity index (χ2n) is 5.68. The Morgan fingerprint density at radius 2 is 1.83 bits per heavy atom. The van der Waals surface area contributed by atoms with Crippen LogP contribution in [0.3, 0.4) is 0 Å². The molecule has 1 saturated heterocycles. The van der Waals surface area contributed by atoms with E-state index in [1.54, 1.807) is 17.0 Å². The SMILES string of the molecule is Cc1ccccc1N1CCN(C(=O)c2ccc(Cl)cc2Cl)CC1=O. The number of hydrogen-bond acceptors (Lipinski definition) is 2. The van der Waals surface area contributed by atoms with Gasteiger partial charge in [-0.25, -0.2) is 0 Å². The summed E-state index contributed by atoms with van der Waals surface area (Å²) in [6, 6.07) is 12.5. The van der Waals surface area contributed by atoms with Crippen LogP contribution < -0.4 is 4.90 Å². The zero-order valence-electron chi connectivity index (χ0n) is 13.1. The van der Waals surface area contributed by atoms with E-state index in [0.29, 0.717) is 28.7 Å². The van der Waals surface area contributed by atoms with Crippen LogP contribution in [0, 0.1) is 6.92 Å². The van der Waals surface area contributed by atoms with E-state index in [1.165, 1.54) is 11.0 Å². The molecule has 2 aromatic rings. The number of halogens is 2. The number of hydrogen-bond donors (Lipinski definition) is 0. The van der Waals surface area contributed by atoms with Gasteiger partial charge in [-0.1, -0.05) is 41.4 Å². The Morgan fingerprint density at radius 1 is 1.08 bits per heavy atom. The van der Waals surface area contributed by atoms with Crippen molar-refractivity contribution in [1.29, 1.82) is 0 Å². The molecule has 2 amide bonds. The fraction of sp³-hybridized carbons (Fsp3) is 0.222. The second kappa shape index (κ2) is 6.83. The maximum Gasteiger partial charge on any atom is 0.255 e. The summed E-state index contributed by atoms with van der Waals surface area (Å²) in [5, 5.41) is 0.762. The van der Waals surface area contributed by atoms with Gasteiger partial charge < -0.3 is 9.80 Å². The number of amides is 2. The van der Waals surface area contributed by atoms with Crippen LogP contribution in [-0.4, -0.2) is 36.3 Å². The minimum atomic E-state index is -0.255. The highest BCUT2D eigenvalue weighted by molar-refractivity contribution is 6.36. The van der Waals surface area contributed by atoms with Gasteiger partial charge >= 0.3 is 0 Å². The molecule has 1 aliphatic rings. The zero-order chi connectivity index (χ0) is 17.3. The van der Waals surface area contributed by atoms with E-state index in [4.69, 9.17) is 23.2 Å². The Balaban J connectivity index is 1.77. The largest absolute Gasteiger partial charge is 0.327 e. The standard InChI is InChI=1S/C18H16Cl2N2O2/c1-12-4-2-3-5-16(12)22-9-8-21(11-17(22)23)18(24)14-7-6-13(19)10-15(14)20/h2-7,10H,8-9,11H2,1H3. The number of piperazine rings is 1. The third-order valence-corrected chi connectivity index (χ3v) is 4.62. The Labute approximate surface area is 150 Å². The van der Waals surface area contributed by atoms with Gasteiger partial charge in [0.1, 0.15) is 6.54 Å². The highest BCUT2D eigenvalue weighted by Crippen LogP contribution is 2.25. The number of nitrogens with zero attached hydrogens (tertiary/aromatic N) is 2. The zero-order valence-corrected chi connectivity index (χ0v) is 14.6. The number of para-hydroxylation sites is 1. The first kappa shape index (κ1) is 16.8. The lowest BCUT2D eigenvalue weighted by Crippen LogP contribution is -2.52. The third kappa shape index (κ3) is 3.25. The van der Waals surface area contributed by atoms with Crippen molar-refractivity contribution < 1.29 is 9.59 Å². The molecule has 0 N–H and O–H groups in total. The van der Waals surface area contributed by atoms with Crippen LogP contribution in [0.15, 0.2) is 42.5 Å². The van der Waals surface area contributed by atoms with Crippen LogP contribution >= 0.6 is 23.2 Å². The number of carbonyl (C=O) groups excluding carboxylic acids is 2. The molecule has 2 aromatic carbocycles. The lowest BCUT2D eigenvalue weighted by atomic mass is 10.1. The quantitative estimate of drug-likeness (QED) is 0.815. The van der Waals surface area contributed by atoms with Gasteiger partial charge in [0.15, 0.2) is 0 Å². The van der Waals surface area contributed by atoms with Crippen molar-refractivity contribution in [2.24, 2.45) is 0 Å². The van der Waals surface area contributed by atoms with E-state index in [9.17, 15) is 9.59 Å². The molecule has 0 atom stereocenters. The van der Waals surface area contributed by atoms with Crippen LogP contribution in [0.2, 0.25) is 10.0 Å². The fourth-order valence-electron chi connectivity index (χ4n) is 2.80. The van der Waals surface area contributed by atoms with Crippen molar-refractivity contribution in [3.63, 3.8) is 0 Å². The minimum Gasteiger partial charge on any atom is -0.327 e. The first-order valence-corrected chi connectivity index (χ1v) is 8.33. The molecule has 4 nitrogen and oxygen atoms in total. The van der Waals surface area contributed by atoms with E-state index >= 15 is 0 Å². The smallest absolute Gasteiger partial charge is 0.255 e. The minimum absolute atomic E-state index is 0.0339. The Hall–Kier alpha value is -2.04. The van der Waals surface area contributed by atoms with Gasteiger partial charge in [-0.3, -0.25) is 9.59 Å². The van der Waals surface area contributed by atoms with Gasteiger partial charge in [-0.05, 0) is 36.8 Å². The van der Waals surface area contributed by atoms with Crippen molar-refractivity contribution in [1.82, 2.24) is 4.90 Å². The normalized spacial score (nSPS) is 14.9. The van der Waals surface area contributed by atoms with Crippen molar-refractivity contribution in [3.05, 3.63) is 63.6 Å². The van der Waals surface area contributed by atoms with Gasteiger partial charge in [0, 0.05) is 23.8 Å². The monoisotopic (exact) mass is 362 g/mol. The number of carbonyl (C=O) groups is 2. The van der Waals surface area contributed by atoms with Gasteiger partial charge in [0.2, 0.25) is 5.91 Å². The van der Waals surface area contributed by atoms with Crippen molar-refractivity contribution in [3.8, 4) is 0 Å². The molecule has 24 heavy (non-hydrogen) atoms. The number of rotatable bonds is 2. The molecule has 1 fully saturated rings. The first-order chi connectivity index (χ1) is 11.5. The van der Waals surface area contributed by atoms with Crippen LogP contribution in [0.4, 0.5) is 5.69 Å². The molecular weight excluding hydrogens is 347 g/mol. The predicted molar refractivity (Wildman–Crippen MR) is 95.9 cm³/mol.